The van der Waals surface area contributed by atoms with Crippen molar-refractivity contribution in [3.63, 3.8) is 0 Å². The lowest BCUT2D eigenvalue weighted by Crippen LogP contribution is -2.45. The third-order valence-electron chi connectivity index (χ3n) is 4.33. The van der Waals surface area contributed by atoms with Crippen molar-refractivity contribution < 1.29 is 0 Å². The zero-order chi connectivity index (χ0) is 15.4. The minimum atomic E-state index is -0.251. The first-order valence-corrected chi connectivity index (χ1v) is 7.75. The molecule has 1 saturated heterocycles. The van der Waals surface area contributed by atoms with Crippen LogP contribution in [0.15, 0.2) is 15.7 Å². The lowest BCUT2D eigenvalue weighted by atomic mass is 10.0. The Morgan fingerprint density at radius 1 is 1.23 bits per heavy atom. The van der Waals surface area contributed by atoms with Crippen LogP contribution in [0.5, 0.6) is 0 Å². The van der Waals surface area contributed by atoms with Crippen molar-refractivity contribution >= 4 is 12.4 Å². The molecule has 0 aromatic carbocycles. The predicted molar refractivity (Wildman–Crippen MR) is 90.8 cm³/mol. The molecular weight excluding hydrogens is 304 g/mol. The molecule has 1 aromatic rings. The monoisotopic (exact) mass is 330 g/mol. The highest BCUT2D eigenvalue weighted by Crippen LogP contribution is 2.15. The van der Waals surface area contributed by atoms with Crippen LogP contribution in [0, 0.1) is 0 Å². The average molecular weight is 331 g/mol. The topological polar surface area (TPSA) is 59.3 Å². The lowest BCUT2D eigenvalue weighted by molar-refractivity contribution is 0.150. The number of hydrogen-bond donors (Lipinski definition) is 1. The molecule has 0 atom stereocenters. The molecule has 1 aliphatic heterocycles. The number of rotatable bonds is 5. The van der Waals surface area contributed by atoms with E-state index >= 15 is 0 Å². The van der Waals surface area contributed by atoms with Crippen LogP contribution >= 0.6 is 12.4 Å². The van der Waals surface area contributed by atoms with E-state index in [9.17, 15) is 9.59 Å². The fraction of sp³-hybridized carbons (Fsp3) is 0.733. The zero-order valence-corrected chi connectivity index (χ0v) is 14.5. The number of aromatic nitrogens is 2. The minimum absolute atomic E-state index is 0. The quantitative estimate of drug-likeness (QED) is 0.852. The van der Waals surface area contributed by atoms with Crippen molar-refractivity contribution in [3.05, 3.63) is 32.6 Å². The fourth-order valence-electron chi connectivity index (χ4n) is 2.99. The van der Waals surface area contributed by atoms with E-state index in [1.54, 1.807) is 17.7 Å². The summed E-state index contributed by atoms with van der Waals surface area (Å²) in [6, 6.07) is 2.12. The van der Waals surface area contributed by atoms with Gasteiger partial charge in [-0.05, 0) is 38.9 Å². The van der Waals surface area contributed by atoms with Gasteiger partial charge in [0.1, 0.15) is 0 Å². The van der Waals surface area contributed by atoms with E-state index < -0.39 is 0 Å². The maximum atomic E-state index is 12.0. The number of hydrogen-bond acceptors (Lipinski definition) is 4. The van der Waals surface area contributed by atoms with Crippen LogP contribution < -0.4 is 16.6 Å². The van der Waals surface area contributed by atoms with Gasteiger partial charge in [0.2, 0.25) is 0 Å². The van der Waals surface area contributed by atoms with Crippen molar-refractivity contribution in [2.24, 2.45) is 14.1 Å². The minimum Gasteiger partial charge on any atom is -0.317 e. The lowest BCUT2D eigenvalue weighted by Gasteiger charge is -2.34. The largest absolute Gasteiger partial charge is 0.330 e. The van der Waals surface area contributed by atoms with Gasteiger partial charge in [-0.1, -0.05) is 6.92 Å². The summed E-state index contributed by atoms with van der Waals surface area (Å²) in [6.45, 7) is 5.91. The van der Waals surface area contributed by atoms with Crippen LogP contribution in [0.4, 0.5) is 0 Å². The standard InChI is InChI=1S/C15H26N4O2.ClH/c1-4-9-19(12-5-7-16-8-6-12)11-13-10-14(20)18(3)15(21)17(13)2;/h10,12,16H,4-9,11H2,1-3H3;1H. The summed E-state index contributed by atoms with van der Waals surface area (Å²) >= 11 is 0. The molecule has 0 amide bonds. The van der Waals surface area contributed by atoms with Gasteiger partial charge in [0.25, 0.3) is 5.56 Å². The first kappa shape index (κ1) is 18.9. The smallest absolute Gasteiger partial charge is 0.317 e. The second-order valence-electron chi connectivity index (χ2n) is 5.83. The van der Waals surface area contributed by atoms with Crippen molar-refractivity contribution in [1.29, 1.82) is 0 Å². The first-order valence-electron chi connectivity index (χ1n) is 7.75. The van der Waals surface area contributed by atoms with Gasteiger partial charge in [-0.3, -0.25) is 18.8 Å². The summed E-state index contributed by atoms with van der Waals surface area (Å²) in [7, 11) is 3.26. The molecule has 2 rings (SSSR count). The number of nitrogens with zero attached hydrogens (tertiary/aromatic N) is 3. The molecule has 6 nitrogen and oxygen atoms in total. The fourth-order valence-corrected chi connectivity index (χ4v) is 2.99. The van der Waals surface area contributed by atoms with Gasteiger partial charge >= 0.3 is 5.69 Å². The highest BCUT2D eigenvalue weighted by molar-refractivity contribution is 5.85. The Morgan fingerprint density at radius 2 is 1.86 bits per heavy atom. The Bertz CT molecular complexity index is 590. The van der Waals surface area contributed by atoms with Gasteiger partial charge in [0.15, 0.2) is 0 Å². The molecule has 2 heterocycles. The predicted octanol–water partition coefficient (Wildman–Crippen LogP) is 0.470. The van der Waals surface area contributed by atoms with E-state index in [1.807, 2.05) is 0 Å². The normalized spacial score (nSPS) is 15.8. The SMILES string of the molecule is CCCN(Cc1cc(=O)n(C)c(=O)n1C)C1CCNCC1.Cl. The molecule has 0 spiro atoms. The van der Waals surface area contributed by atoms with E-state index in [-0.39, 0.29) is 23.7 Å². The maximum absolute atomic E-state index is 12.0. The van der Waals surface area contributed by atoms with E-state index in [4.69, 9.17) is 0 Å². The summed E-state index contributed by atoms with van der Waals surface area (Å²) in [5, 5.41) is 3.38. The van der Waals surface area contributed by atoms with Gasteiger partial charge in [0, 0.05) is 38.4 Å². The van der Waals surface area contributed by atoms with E-state index in [0.717, 1.165) is 49.2 Å². The summed E-state index contributed by atoms with van der Waals surface area (Å²) in [4.78, 5) is 26.3. The van der Waals surface area contributed by atoms with Crippen molar-refractivity contribution in [2.45, 2.75) is 38.8 Å². The van der Waals surface area contributed by atoms with Gasteiger partial charge in [-0.15, -0.1) is 12.4 Å². The number of nitrogens with one attached hydrogen (secondary N) is 1. The molecule has 0 bridgehead atoms. The molecular formula is C15H27ClN4O2. The Balaban J connectivity index is 0.00000242. The van der Waals surface area contributed by atoms with Crippen LogP contribution in [-0.4, -0.2) is 39.7 Å². The van der Waals surface area contributed by atoms with Crippen LogP contribution in [0.2, 0.25) is 0 Å². The second-order valence-corrected chi connectivity index (χ2v) is 5.83. The molecule has 7 heteroatoms. The Labute approximate surface area is 137 Å². The molecule has 1 aromatic heterocycles. The van der Waals surface area contributed by atoms with Crippen LogP contribution in [-0.2, 0) is 20.6 Å². The Morgan fingerprint density at radius 3 is 2.45 bits per heavy atom. The summed E-state index contributed by atoms with van der Waals surface area (Å²) in [6.07, 6.45) is 3.32. The van der Waals surface area contributed by atoms with Crippen molar-refractivity contribution in [2.75, 3.05) is 19.6 Å². The molecule has 0 unspecified atom stereocenters. The van der Waals surface area contributed by atoms with Crippen LogP contribution in [0.25, 0.3) is 0 Å². The number of halogens is 1. The molecule has 0 radical (unpaired) electrons. The van der Waals surface area contributed by atoms with E-state index in [1.165, 1.54) is 7.05 Å². The van der Waals surface area contributed by atoms with Gasteiger partial charge in [-0.25, -0.2) is 4.79 Å². The summed E-state index contributed by atoms with van der Waals surface area (Å²) in [5.74, 6) is 0. The highest BCUT2D eigenvalue weighted by atomic mass is 35.5. The van der Waals surface area contributed by atoms with Gasteiger partial charge in [0.05, 0.1) is 0 Å². The van der Waals surface area contributed by atoms with E-state index in [0.29, 0.717) is 12.6 Å². The van der Waals surface area contributed by atoms with Gasteiger partial charge in [-0.2, -0.15) is 0 Å². The molecule has 1 aliphatic rings. The second kappa shape index (κ2) is 8.50. The van der Waals surface area contributed by atoms with Crippen LogP contribution in [0.3, 0.4) is 0 Å². The third-order valence-corrected chi connectivity index (χ3v) is 4.33. The first-order chi connectivity index (χ1) is 10.0. The molecule has 1 N–H and O–H groups in total. The molecule has 126 valence electrons. The zero-order valence-electron chi connectivity index (χ0n) is 13.7. The highest BCUT2D eigenvalue weighted by Gasteiger charge is 2.21. The van der Waals surface area contributed by atoms with Crippen LogP contribution in [0.1, 0.15) is 31.9 Å². The molecule has 0 aliphatic carbocycles. The Kier molecular flexibility index (Phi) is 7.32. The van der Waals surface area contributed by atoms with Crippen molar-refractivity contribution in [3.8, 4) is 0 Å². The van der Waals surface area contributed by atoms with Crippen molar-refractivity contribution in [1.82, 2.24) is 19.4 Å². The third kappa shape index (κ3) is 4.21. The molecule has 0 saturated carbocycles. The Hall–Kier alpha value is -1.11. The number of piperidine rings is 1. The summed E-state index contributed by atoms with van der Waals surface area (Å²) in [5.41, 5.74) is 0.323. The average Bonchev–Trinajstić information content (AvgIpc) is 2.50. The van der Waals surface area contributed by atoms with Gasteiger partial charge < -0.3 is 5.32 Å². The maximum Gasteiger partial charge on any atom is 0.330 e. The summed E-state index contributed by atoms with van der Waals surface area (Å²) < 4.78 is 2.74. The molecule has 22 heavy (non-hydrogen) atoms. The molecule has 1 fully saturated rings. The van der Waals surface area contributed by atoms with E-state index in [2.05, 4.69) is 17.1 Å².